The number of anilines is 1. The van der Waals surface area contributed by atoms with Gasteiger partial charge in [-0.3, -0.25) is 9.59 Å². The Morgan fingerprint density at radius 3 is 2.25 bits per heavy atom. The highest BCUT2D eigenvalue weighted by Gasteiger charge is 2.50. The van der Waals surface area contributed by atoms with Crippen LogP contribution >= 0.6 is 0 Å². The van der Waals surface area contributed by atoms with Crippen LogP contribution in [0.25, 0.3) is 0 Å². The van der Waals surface area contributed by atoms with Crippen molar-refractivity contribution in [2.45, 2.75) is 25.9 Å². The van der Waals surface area contributed by atoms with E-state index in [9.17, 15) is 19.2 Å². The summed E-state index contributed by atoms with van der Waals surface area (Å²) in [5.41, 5.74) is 1.18. The van der Waals surface area contributed by atoms with Gasteiger partial charge >= 0.3 is 11.4 Å². The van der Waals surface area contributed by atoms with E-state index in [-0.39, 0.29) is 24.8 Å². The average Bonchev–Trinajstić information content (AvgIpc) is 3.21. The van der Waals surface area contributed by atoms with E-state index in [0.29, 0.717) is 5.69 Å². The summed E-state index contributed by atoms with van der Waals surface area (Å²) in [5.74, 6) is -1.68. The lowest BCUT2D eigenvalue weighted by Crippen LogP contribution is -2.35. The Hall–Kier alpha value is -3.94. The third-order valence-corrected chi connectivity index (χ3v) is 6.33. The Balaban J connectivity index is 1.47. The molecule has 3 atom stereocenters. The number of amides is 2. The highest BCUT2D eigenvalue weighted by atomic mass is 16.2. The van der Waals surface area contributed by atoms with Gasteiger partial charge in [0.05, 0.1) is 30.1 Å². The standard InChI is InChI=1S/C24H22N4O4/c1-15-12-18-19(22(30)27(21(18)29)17-10-6-3-7-11-17)13-20(15)28-24(32)26(23(31)25-28)14-16-8-4-2-5-9-16/h2-12,18-20H,13-14H2,1H3,(H,25,31)/t18-,19+,20+/m1/s1. The minimum Gasteiger partial charge on any atom is -0.274 e. The van der Waals surface area contributed by atoms with Gasteiger partial charge < -0.3 is 0 Å². The molecule has 5 rings (SSSR count). The number of carbonyl (C=O) groups is 2. The van der Waals surface area contributed by atoms with Crippen molar-refractivity contribution in [2.24, 2.45) is 11.8 Å². The molecule has 1 aromatic heterocycles. The van der Waals surface area contributed by atoms with Gasteiger partial charge in [-0.05, 0) is 31.0 Å². The molecular formula is C24H22N4O4. The summed E-state index contributed by atoms with van der Waals surface area (Å²) in [7, 11) is 0. The van der Waals surface area contributed by atoms with Gasteiger partial charge in [-0.1, -0.05) is 60.2 Å². The lowest BCUT2D eigenvalue weighted by atomic mass is 9.80. The first-order valence-corrected chi connectivity index (χ1v) is 10.5. The maximum Gasteiger partial charge on any atom is 0.347 e. The first-order chi connectivity index (χ1) is 15.5. The molecule has 0 saturated carbocycles. The molecule has 1 fully saturated rings. The number of para-hydroxylation sites is 1. The van der Waals surface area contributed by atoms with Crippen LogP contribution in [0.3, 0.4) is 0 Å². The van der Waals surface area contributed by atoms with E-state index < -0.39 is 29.3 Å². The molecule has 0 bridgehead atoms. The molecule has 2 heterocycles. The normalized spacial score (nSPS) is 22.7. The van der Waals surface area contributed by atoms with E-state index >= 15 is 0 Å². The molecule has 2 aliphatic rings. The second kappa shape index (κ2) is 7.64. The number of hydrogen-bond acceptors (Lipinski definition) is 4. The Morgan fingerprint density at radius 1 is 0.906 bits per heavy atom. The molecule has 0 spiro atoms. The molecule has 1 aliphatic carbocycles. The summed E-state index contributed by atoms with van der Waals surface area (Å²) in [4.78, 5) is 53.0. The molecule has 0 unspecified atom stereocenters. The molecule has 8 heteroatoms. The Kier molecular flexibility index (Phi) is 4.77. The number of carbonyl (C=O) groups excluding carboxylic acids is 2. The average molecular weight is 430 g/mol. The second-order valence-electron chi connectivity index (χ2n) is 8.28. The number of aromatic nitrogens is 3. The summed E-state index contributed by atoms with van der Waals surface area (Å²) >= 11 is 0. The van der Waals surface area contributed by atoms with Crippen LogP contribution in [0.4, 0.5) is 5.69 Å². The number of allylic oxidation sites excluding steroid dienone is 1. The quantitative estimate of drug-likeness (QED) is 0.506. The van der Waals surface area contributed by atoms with Crippen LogP contribution < -0.4 is 16.3 Å². The van der Waals surface area contributed by atoms with Crippen LogP contribution in [-0.2, 0) is 16.1 Å². The third kappa shape index (κ3) is 3.15. The maximum atomic E-state index is 13.1. The molecule has 1 N–H and O–H groups in total. The van der Waals surface area contributed by atoms with Gasteiger partial charge in [-0.15, -0.1) is 0 Å². The van der Waals surface area contributed by atoms with Crippen molar-refractivity contribution in [3.63, 3.8) is 0 Å². The number of fused-ring (bicyclic) bond motifs is 1. The minimum absolute atomic E-state index is 0.155. The molecule has 1 aliphatic heterocycles. The van der Waals surface area contributed by atoms with Gasteiger partial charge in [0.15, 0.2) is 0 Å². The molecule has 2 aromatic carbocycles. The summed E-state index contributed by atoms with van der Waals surface area (Å²) in [6, 6.07) is 17.6. The number of nitrogens with one attached hydrogen (secondary N) is 1. The predicted octanol–water partition coefficient (Wildman–Crippen LogP) is 2.08. The van der Waals surface area contributed by atoms with Gasteiger partial charge in [-0.25, -0.2) is 28.8 Å². The zero-order valence-electron chi connectivity index (χ0n) is 17.5. The van der Waals surface area contributed by atoms with Crippen molar-refractivity contribution < 1.29 is 9.59 Å². The lowest BCUT2D eigenvalue weighted by molar-refractivity contribution is -0.122. The Morgan fingerprint density at radius 2 is 1.56 bits per heavy atom. The van der Waals surface area contributed by atoms with E-state index in [1.54, 1.807) is 30.3 Å². The number of hydrogen-bond donors (Lipinski definition) is 1. The summed E-state index contributed by atoms with van der Waals surface area (Å²) in [6.45, 7) is 1.98. The zero-order valence-corrected chi connectivity index (χ0v) is 17.5. The molecule has 3 aromatic rings. The number of nitrogens with zero attached hydrogens (tertiary/aromatic N) is 3. The molecule has 162 valence electrons. The van der Waals surface area contributed by atoms with Gasteiger partial charge in [0.2, 0.25) is 11.8 Å². The smallest absolute Gasteiger partial charge is 0.274 e. The van der Waals surface area contributed by atoms with Crippen LogP contribution in [-0.4, -0.2) is 26.2 Å². The number of rotatable bonds is 4. The fourth-order valence-electron chi connectivity index (χ4n) is 4.69. The van der Waals surface area contributed by atoms with Gasteiger partial charge in [-0.2, -0.15) is 0 Å². The predicted molar refractivity (Wildman–Crippen MR) is 118 cm³/mol. The van der Waals surface area contributed by atoms with Crippen LogP contribution in [0.1, 0.15) is 24.9 Å². The van der Waals surface area contributed by atoms with Crippen molar-refractivity contribution >= 4 is 17.5 Å². The Bertz CT molecular complexity index is 1330. The van der Waals surface area contributed by atoms with Crippen LogP contribution in [0, 0.1) is 11.8 Å². The summed E-state index contributed by atoms with van der Waals surface area (Å²) < 4.78 is 2.43. The van der Waals surface area contributed by atoms with Crippen LogP contribution in [0.5, 0.6) is 0 Å². The van der Waals surface area contributed by atoms with E-state index in [1.165, 1.54) is 9.58 Å². The number of aromatic amines is 1. The topological polar surface area (TPSA) is 97.2 Å². The molecule has 32 heavy (non-hydrogen) atoms. The first-order valence-electron chi connectivity index (χ1n) is 10.5. The monoisotopic (exact) mass is 430 g/mol. The molecule has 1 saturated heterocycles. The number of H-pyrrole nitrogens is 1. The van der Waals surface area contributed by atoms with E-state index in [1.807, 2.05) is 43.3 Å². The summed E-state index contributed by atoms with van der Waals surface area (Å²) in [5, 5.41) is 2.64. The zero-order chi connectivity index (χ0) is 22.4. The lowest BCUT2D eigenvalue weighted by Gasteiger charge is -2.27. The molecule has 8 nitrogen and oxygen atoms in total. The first kappa shape index (κ1) is 20.0. The van der Waals surface area contributed by atoms with Gasteiger partial charge in [0.1, 0.15) is 0 Å². The van der Waals surface area contributed by atoms with Gasteiger partial charge in [0.25, 0.3) is 0 Å². The fraction of sp³-hybridized carbons (Fsp3) is 0.250. The highest BCUT2D eigenvalue weighted by Crippen LogP contribution is 2.42. The summed E-state index contributed by atoms with van der Waals surface area (Å²) in [6.07, 6.45) is 2.04. The van der Waals surface area contributed by atoms with Crippen molar-refractivity contribution in [3.05, 3.63) is 98.8 Å². The SMILES string of the molecule is CC1=C[C@H]2C(=O)N(c3ccccc3)C(=O)[C@H]2C[C@@H]1n1[nH]c(=O)n(Cc2ccccc2)c1=O. The third-order valence-electron chi connectivity index (χ3n) is 6.33. The van der Waals surface area contributed by atoms with Crippen molar-refractivity contribution in [2.75, 3.05) is 4.90 Å². The van der Waals surface area contributed by atoms with Crippen LogP contribution in [0.15, 0.2) is 81.9 Å². The van der Waals surface area contributed by atoms with E-state index in [2.05, 4.69) is 5.10 Å². The fourth-order valence-corrected chi connectivity index (χ4v) is 4.69. The van der Waals surface area contributed by atoms with Crippen molar-refractivity contribution in [1.82, 2.24) is 14.3 Å². The largest absolute Gasteiger partial charge is 0.347 e. The van der Waals surface area contributed by atoms with Gasteiger partial charge in [0, 0.05) is 0 Å². The highest BCUT2D eigenvalue weighted by molar-refractivity contribution is 6.22. The molecule has 2 amide bonds. The maximum absolute atomic E-state index is 13.1. The second-order valence-corrected chi connectivity index (χ2v) is 8.28. The molecular weight excluding hydrogens is 408 g/mol. The van der Waals surface area contributed by atoms with Crippen molar-refractivity contribution in [3.8, 4) is 0 Å². The molecule has 0 radical (unpaired) electrons. The minimum atomic E-state index is -0.579. The van der Waals surface area contributed by atoms with E-state index in [0.717, 1.165) is 15.7 Å². The van der Waals surface area contributed by atoms with Crippen LogP contribution in [0.2, 0.25) is 0 Å². The Labute approximate surface area is 183 Å². The van der Waals surface area contributed by atoms with E-state index in [4.69, 9.17) is 0 Å². The van der Waals surface area contributed by atoms with Crippen molar-refractivity contribution in [1.29, 1.82) is 0 Å². The number of imide groups is 1. The number of benzene rings is 2.